The van der Waals surface area contributed by atoms with Crippen LogP contribution in [0.1, 0.15) is 27.4 Å². The normalized spacial score (nSPS) is 10.3. The summed E-state index contributed by atoms with van der Waals surface area (Å²) in [4.78, 5) is 20.1. The maximum absolute atomic E-state index is 12.1. The fourth-order valence-corrected chi connectivity index (χ4v) is 2.20. The third kappa shape index (κ3) is 3.09. The number of benzene rings is 1. The number of nitrogens with one attached hydrogen (secondary N) is 1. The van der Waals surface area contributed by atoms with Crippen molar-refractivity contribution in [2.45, 2.75) is 20.8 Å². The number of nitrogens with zero attached hydrogens (tertiary/aromatic N) is 2. The largest absolute Gasteiger partial charge is 0.319 e. The molecular weight excluding hydrogens is 262 g/mol. The zero-order valence-electron chi connectivity index (χ0n) is 11.0. The zero-order chi connectivity index (χ0) is 14.0. The first-order valence-electron chi connectivity index (χ1n) is 5.85. The van der Waals surface area contributed by atoms with Crippen LogP contribution in [-0.2, 0) is 0 Å². The fraction of sp³-hybridized carbons (Fsp3) is 0.214. The van der Waals surface area contributed by atoms with Gasteiger partial charge in [-0.15, -0.1) is 0 Å². The van der Waals surface area contributed by atoms with Gasteiger partial charge in [0.15, 0.2) is 0 Å². The Labute approximate surface area is 116 Å². The summed E-state index contributed by atoms with van der Waals surface area (Å²) in [6, 6.07) is 5.35. The number of hydrogen-bond donors (Lipinski definition) is 1. The third-order valence-electron chi connectivity index (χ3n) is 2.68. The van der Waals surface area contributed by atoms with Gasteiger partial charge in [-0.25, -0.2) is 9.97 Å². The molecule has 0 unspecified atom stereocenters. The molecule has 0 aliphatic rings. The van der Waals surface area contributed by atoms with Crippen LogP contribution >= 0.6 is 11.6 Å². The quantitative estimate of drug-likeness (QED) is 0.915. The van der Waals surface area contributed by atoms with Crippen molar-refractivity contribution in [3.8, 4) is 0 Å². The number of aromatic nitrogens is 2. The van der Waals surface area contributed by atoms with Gasteiger partial charge in [-0.3, -0.25) is 4.79 Å². The number of halogens is 1. The van der Waals surface area contributed by atoms with Gasteiger partial charge >= 0.3 is 0 Å². The monoisotopic (exact) mass is 275 g/mol. The summed E-state index contributed by atoms with van der Waals surface area (Å²) in [5.74, 6) is 0.263. The zero-order valence-corrected chi connectivity index (χ0v) is 11.7. The summed E-state index contributed by atoms with van der Waals surface area (Å²) < 4.78 is 0. The van der Waals surface area contributed by atoms with E-state index in [-0.39, 0.29) is 5.91 Å². The molecule has 0 radical (unpaired) electrons. The lowest BCUT2D eigenvalue weighted by Crippen LogP contribution is -2.15. The number of hydrogen-bond acceptors (Lipinski definition) is 3. The van der Waals surface area contributed by atoms with Crippen molar-refractivity contribution in [1.29, 1.82) is 0 Å². The lowest BCUT2D eigenvalue weighted by molar-refractivity contribution is 0.102. The molecule has 19 heavy (non-hydrogen) atoms. The van der Waals surface area contributed by atoms with Crippen LogP contribution < -0.4 is 5.32 Å². The van der Waals surface area contributed by atoms with Gasteiger partial charge in [0, 0.05) is 6.20 Å². The van der Waals surface area contributed by atoms with Crippen molar-refractivity contribution >= 4 is 23.2 Å². The van der Waals surface area contributed by atoms with E-state index in [1.807, 2.05) is 26.0 Å². The van der Waals surface area contributed by atoms with E-state index in [9.17, 15) is 4.79 Å². The molecule has 2 rings (SSSR count). The minimum absolute atomic E-state index is 0.292. The average Bonchev–Trinajstić information content (AvgIpc) is 2.33. The first kappa shape index (κ1) is 13.5. The van der Waals surface area contributed by atoms with Gasteiger partial charge in [0.25, 0.3) is 5.91 Å². The standard InChI is InChI=1S/C14H14ClN3O/c1-8-6-9(2)13(11(15)7-8)18-14(19)12-4-5-16-10(3)17-12/h4-7H,1-3H3,(H,18,19). The number of carbonyl (C=O) groups excluding carboxylic acids is 1. The molecule has 0 bridgehead atoms. The second-order valence-corrected chi connectivity index (χ2v) is 4.79. The van der Waals surface area contributed by atoms with Crippen molar-refractivity contribution in [3.05, 3.63) is 52.1 Å². The summed E-state index contributed by atoms with van der Waals surface area (Å²) in [6.45, 7) is 5.60. The molecule has 0 saturated carbocycles. The van der Waals surface area contributed by atoms with E-state index >= 15 is 0 Å². The Morgan fingerprint density at radius 1 is 1.26 bits per heavy atom. The molecular formula is C14H14ClN3O. The minimum atomic E-state index is -0.292. The van der Waals surface area contributed by atoms with Crippen LogP contribution in [0.3, 0.4) is 0 Å². The Kier molecular flexibility index (Phi) is 3.81. The molecule has 0 spiro atoms. The van der Waals surface area contributed by atoms with Gasteiger partial charge in [0.2, 0.25) is 0 Å². The smallest absolute Gasteiger partial charge is 0.274 e. The van der Waals surface area contributed by atoms with Crippen LogP contribution in [0.5, 0.6) is 0 Å². The molecule has 1 heterocycles. The second kappa shape index (κ2) is 5.36. The lowest BCUT2D eigenvalue weighted by atomic mass is 10.1. The highest BCUT2D eigenvalue weighted by Gasteiger charge is 2.12. The van der Waals surface area contributed by atoms with Crippen LogP contribution in [0.2, 0.25) is 5.02 Å². The van der Waals surface area contributed by atoms with Crippen LogP contribution in [0.25, 0.3) is 0 Å². The molecule has 0 saturated heterocycles. The molecule has 5 heteroatoms. The molecule has 0 aliphatic heterocycles. The SMILES string of the molecule is Cc1cc(C)c(NC(=O)c2ccnc(C)n2)c(Cl)c1. The summed E-state index contributed by atoms with van der Waals surface area (Å²) in [5.41, 5.74) is 2.92. The molecule has 1 N–H and O–H groups in total. The lowest BCUT2D eigenvalue weighted by Gasteiger charge is -2.11. The Morgan fingerprint density at radius 2 is 2.00 bits per heavy atom. The molecule has 0 fully saturated rings. The number of aryl methyl sites for hydroxylation is 3. The van der Waals surface area contributed by atoms with Crippen molar-refractivity contribution in [2.75, 3.05) is 5.32 Å². The van der Waals surface area contributed by atoms with E-state index in [1.54, 1.807) is 19.2 Å². The Hall–Kier alpha value is -1.94. The summed E-state index contributed by atoms with van der Waals surface area (Å²) in [6.07, 6.45) is 1.56. The maximum Gasteiger partial charge on any atom is 0.274 e. The summed E-state index contributed by atoms with van der Waals surface area (Å²) in [5, 5.41) is 3.31. The van der Waals surface area contributed by atoms with Crippen LogP contribution in [-0.4, -0.2) is 15.9 Å². The summed E-state index contributed by atoms with van der Waals surface area (Å²) in [7, 11) is 0. The highest BCUT2D eigenvalue weighted by atomic mass is 35.5. The molecule has 0 aliphatic carbocycles. The van der Waals surface area contributed by atoms with Gasteiger partial charge < -0.3 is 5.32 Å². The highest BCUT2D eigenvalue weighted by Crippen LogP contribution is 2.27. The van der Waals surface area contributed by atoms with E-state index < -0.39 is 0 Å². The van der Waals surface area contributed by atoms with Crippen LogP contribution in [0, 0.1) is 20.8 Å². The van der Waals surface area contributed by atoms with Crippen LogP contribution in [0.15, 0.2) is 24.4 Å². The minimum Gasteiger partial charge on any atom is -0.319 e. The maximum atomic E-state index is 12.1. The fourth-order valence-electron chi connectivity index (χ4n) is 1.83. The van der Waals surface area contributed by atoms with Gasteiger partial charge in [0.1, 0.15) is 11.5 Å². The topological polar surface area (TPSA) is 54.9 Å². The van der Waals surface area contributed by atoms with E-state index in [4.69, 9.17) is 11.6 Å². The summed E-state index contributed by atoms with van der Waals surface area (Å²) >= 11 is 6.15. The number of anilines is 1. The molecule has 4 nitrogen and oxygen atoms in total. The Balaban J connectivity index is 2.29. The molecule has 1 aromatic heterocycles. The predicted octanol–water partition coefficient (Wildman–Crippen LogP) is 3.31. The van der Waals surface area contributed by atoms with E-state index in [0.29, 0.717) is 22.2 Å². The van der Waals surface area contributed by atoms with Crippen molar-refractivity contribution in [3.63, 3.8) is 0 Å². The first-order chi connectivity index (χ1) is 8.97. The Bertz CT molecular complexity index is 617. The molecule has 0 atom stereocenters. The predicted molar refractivity (Wildman–Crippen MR) is 75.6 cm³/mol. The van der Waals surface area contributed by atoms with E-state index in [1.165, 1.54) is 0 Å². The van der Waals surface area contributed by atoms with E-state index in [0.717, 1.165) is 11.1 Å². The third-order valence-corrected chi connectivity index (χ3v) is 2.98. The van der Waals surface area contributed by atoms with Gasteiger partial charge in [-0.1, -0.05) is 17.7 Å². The highest BCUT2D eigenvalue weighted by molar-refractivity contribution is 6.34. The molecule has 1 amide bonds. The van der Waals surface area contributed by atoms with Crippen LogP contribution in [0.4, 0.5) is 5.69 Å². The van der Waals surface area contributed by atoms with Gasteiger partial charge in [-0.2, -0.15) is 0 Å². The van der Waals surface area contributed by atoms with E-state index in [2.05, 4.69) is 15.3 Å². The number of carbonyl (C=O) groups is 1. The number of rotatable bonds is 2. The van der Waals surface area contributed by atoms with Crippen molar-refractivity contribution in [2.24, 2.45) is 0 Å². The van der Waals surface area contributed by atoms with Gasteiger partial charge in [-0.05, 0) is 44.0 Å². The van der Waals surface area contributed by atoms with Crippen molar-refractivity contribution in [1.82, 2.24) is 9.97 Å². The Morgan fingerprint density at radius 3 is 2.63 bits per heavy atom. The molecule has 1 aromatic carbocycles. The van der Waals surface area contributed by atoms with Crippen molar-refractivity contribution < 1.29 is 4.79 Å². The first-order valence-corrected chi connectivity index (χ1v) is 6.23. The van der Waals surface area contributed by atoms with Gasteiger partial charge in [0.05, 0.1) is 10.7 Å². The number of amides is 1. The molecule has 98 valence electrons. The average molecular weight is 276 g/mol. The second-order valence-electron chi connectivity index (χ2n) is 4.38. The molecule has 2 aromatic rings.